The molecule has 0 radical (unpaired) electrons. The predicted molar refractivity (Wildman–Crippen MR) is 178 cm³/mol. The molecule has 0 N–H and O–H groups in total. The minimum Gasteiger partial charge on any atom is -0.488 e. The second kappa shape index (κ2) is 13.8. The maximum atomic E-state index is 14.1. The number of carbonyl (C=O) groups is 1. The van der Waals surface area contributed by atoms with Gasteiger partial charge in [-0.2, -0.15) is 0 Å². The first-order valence-electron chi connectivity index (χ1n) is 14.5. The van der Waals surface area contributed by atoms with E-state index < -0.39 is 12.0 Å². The Hall–Kier alpha value is -3.85. The van der Waals surface area contributed by atoms with Crippen LogP contribution in [0.4, 0.5) is 5.69 Å². The molecule has 0 aliphatic carbocycles. The van der Waals surface area contributed by atoms with Crippen LogP contribution in [-0.4, -0.2) is 30.2 Å². The smallest absolute Gasteiger partial charge is 0.338 e. The molecule has 10 heteroatoms. The number of esters is 1. The number of rotatable bonds is 10. The Kier molecular flexibility index (Phi) is 9.93. The van der Waals surface area contributed by atoms with Gasteiger partial charge in [0.1, 0.15) is 18.4 Å². The molecule has 44 heavy (non-hydrogen) atoms. The topological polar surface area (TPSA) is 73.1 Å². The lowest BCUT2D eigenvalue weighted by Crippen LogP contribution is -2.40. The van der Waals surface area contributed by atoms with E-state index in [1.807, 2.05) is 66.7 Å². The molecule has 1 atom stereocenters. The molecule has 0 spiro atoms. The quantitative estimate of drug-likeness (QED) is 0.183. The van der Waals surface area contributed by atoms with Crippen molar-refractivity contribution in [2.45, 2.75) is 40.3 Å². The fourth-order valence-corrected chi connectivity index (χ4v) is 6.62. The van der Waals surface area contributed by atoms with E-state index in [1.165, 1.54) is 15.9 Å². The van der Waals surface area contributed by atoms with Gasteiger partial charge in [-0.05, 0) is 75.2 Å². The van der Waals surface area contributed by atoms with Gasteiger partial charge in [0.15, 0.2) is 4.80 Å². The summed E-state index contributed by atoms with van der Waals surface area (Å²) in [6.45, 7) is 9.91. The first kappa shape index (κ1) is 31.6. The molecule has 2 heterocycles. The SMILES string of the molecule is CCOC(=O)C1=C(C)N=c2s/c(=C\c3ccc(N(CC)CC)cc3OCc3ccc(Cl)cc3)c(=O)n2[C@H]1c1ccccc1Cl. The van der Waals surface area contributed by atoms with E-state index in [2.05, 4.69) is 23.7 Å². The summed E-state index contributed by atoms with van der Waals surface area (Å²) in [4.78, 5) is 34.7. The number of carbonyl (C=O) groups excluding carboxylic acids is 1. The van der Waals surface area contributed by atoms with Gasteiger partial charge in [-0.15, -0.1) is 0 Å². The molecule has 3 aromatic carbocycles. The molecule has 5 rings (SSSR count). The molecule has 4 aromatic rings. The zero-order chi connectivity index (χ0) is 31.4. The van der Waals surface area contributed by atoms with Crippen LogP contribution in [0.15, 0.2) is 87.8 Å². The highest BCUT2D eigenvalue weighted by atomic mass is 35.5. The molecule has 0 fully saturated rings. The molecule has 1 aliphatic heterocycles. The summed E-state index contributed by atoms with van der Waals surface area (Å²) in [7, 11) is 0. The van der Waals surface area contributed by atoms with Gasteiger partial charge in [0.05, 0.1) is 22.4 Å². The number of ether oxygens (including phenoxy) is 2. The molecule has 0 saturated carbocycles. The summed E-state index contributed by atoms with van der Waals surface area (Å²) >= 11 is 14.0. The van der Waals surface area contributed by atoms with Crippen molar-refractivity contribution in [3.8, 4) is 5.75 Å². The van der Waals surface area contributed by atoms with Crippen molar-refractivity contribution in [3.05, 3.63) is 124 Å². The Labute approximate surface area is 270 Å². The van der Waals surface area contributed by atoms with Gasteiger partial charge in [-0.3, -0.25) is 9.36 Å². The molecular formula is C34H33Cl2N3O4S. The van der Waals surface area contributed by atoms with Crippen molar-refractivity contribution < 1.29 is 14.3 Å². The monoisotopic (exact) mass is 649 g/mol. The van der Waals surface area contributed by atoms with E-state index in [9.17, 15) is 9.59 Å². The second-order valence-corrected chi connectivity index (χ2v) is 12.0. The molecule has 7 nitrogen and oxygen atoms in total. The molecule has 0 unspecified atom stereocenters. The van der Waals surface area contributed by atoms with Gasteiger partial charge in [-0.1, -0.05) is 64.9 Å². The highest BCUT2D eigenvalue weighted by Gasteiger charge is 2.34. The molecule has 0 amide bonds. The normalized spacial score (nSPS) is 14.7. The molecule has 228 valence electrons. The molecular weight excluding hydrogens is 617 g/mol. The lowest BCUT2D eigenvalue weighted by molar-refractivity contribution is -0.139. The van der Waals surface area contributed by atoms with E-state index in [-0.39, 0.29) is 17.7 Å². The maximum Gasteiger partial charge on any atom is 0.338 e. The van der Waals surface area contributed by atoms with Gasteiger partial charge in [0, 0.05) is 40.5 Å². The predicted octanol–water partition coefficient (Wildman–Crippen LogP) is 6.53. The fourth-order valence-electron chi connectivity index (χ4n) is 5.22. The summed E-state index contributed by atoms with van der Waals surface area (Å²) in [6.07, 6.45) is 1.82. The molecule has 0 bridgehead atoms. The zero-order valence-corrected chi connectivity index (χ0v) is 27.3. The number of allylic oxidation sites excluding steroid dienone is 1. The Morgan fingerprint density at radius 2 is 1.77 bits per heavy atom. The van der Waals surface area contributed by atoms with Crippen LogP contribution in [-0.2, 0) is 16.1 Å². The number of fused-ring (bicyclic) bond motifs is 1. The van der Waals surface area contributed by atoms with Crippen molar-refractivity contribution in [3.63, 3.8) is 0 Å². The lowest BCUT2D eigenvalue weighted by atomic mass is 9.96. The summed E-state index contributed by atoms with van der Waals surface area (Å²) in [6, 6.07) is 19.9. The third kappa shape index (κ3) is 6.48. The Morgan fingerprint density at radius 1 is 1.05 bits per heavy atom. The number of halogens is 2. The van der Waals surface area contributed by atoms with Gasteiger partial charge < -0.3 is 14.4 Å². The van der Waals surface area contributed by atoms with Crippen LogP contribution in [0.5, 0.6) is 5.75 Å². The van der Waals surface area contributed by atoms with E-state index in [4.69, 9.17) is 32.7 Å². The summed E-state index contributed by atoms with van der Waals surface area (Å²) in [5, 5.41) is 1.10. The van der Waals surface area contributed by atoms with Crippen molar-refractivity contribution in [2.24, 2.45) is 4.99 Å². The first-order chi connectivity index (χ1) is 21.2. The lowest BCUT2D eigenvalue weighted by Gasteiger charge is -2.25. The Balaban J connectivity index is 1.65. The first-order valence-corrected chi connectivity index (χ1v) is 16.0. The van der Waals surface area contributed by atoms with Crippen molar-refractivity contribution in [1.29, 1.82) is 0 Å². The van der Waals surface area contributed by atoms with Gasteiger partial charge >= 0.3 is 5.97 Å². The number of nitrogens with zero attached hydrogens (tertiary/aromatic N) is 3. The minimum absolute atomic E-state index is 0.192. The second-order valence-electron chi connectivity index (χ2n) is 10.1. The van der Waals surface area contributed by atoms with Gasteiger partial charge in [0.25, 0.3) is 5.56 Å². The summed E-state index contributed by atoms with van der Waals surface area (Å²) in [5.74, 6) is 0.110. The standard InChI is InChI=1S/C34H33Cl2N3O4S/c1-5-38(6-2)25-17-14-23(28(19-25)43-20-22-12-15-24(35)16-13-22)18-29-32(40)39-31(26-10-8-9-11-27(26)36)30(33(41)42-7-3)21(4)37-34(39)44-29/h8-19,31H,5-7,20H2,1-4H3/b29-18-/t31-/m0/s1. The zero-order valence-electron chi connectivity index (χ0n) is 25.0. The molecule has 1 aromatic heterocycles. The number of hydrogen-bond acceptors (Lipinski definition) is 7. The van der Waals surface area contributed by atoms with Crippen molar-refractivity contribution >= 4 is 52.3 Å². The highest BCUT2D eigenvalue weighted by Crippen LogP contribution is 2.34. The fraction of sp³-hybridized carbons (Fsp3) is 0.265. The van der Waals surface area contributed by atoms with E-state index >= 15 is 0 Å². The summed E-state index contributed by atoms with van der Waals surface area (Å²) in [5.41, 5.74) is 3.84. The van der Waals surface area contributed by atoms with Crippen LogP contribution in [0.1, 0.15) is 50.4 Å². The van der Waals surface area contributed by atoms with E-state index in [1.54, 1.807) is 19.9 Å². The summed E-state index contributed by atoms with van der Waals surface area (Å²) < 4.78 is 13.7. The van der Waals surface area contributed by atoms with Crippen molar-refractivity contribution in [2.75, 3.05) is 24.6 Å². The third-order valence-electron chi connectivity index (χ3n) is 7.44. The van der Waals surface area contributed by atoms with Crippen LogP contribution in [0.25, 0.3) is 6.08 Å². The Bertz CT molecular complexity index is 1890. The van der Waals surface area contributed by atoms with Crippen molar-refractivity contribution in [1.82, 2.24) is 4.57 Å². The van der Waals surface area contributed by atoms with Crippen LogP contribution < -0.4 is 24.5 Å². The van der Waals surface area contributed by atoms with E-state index in [0.717, 1.165) is 29.9 Å². The molecule has 1 aliphatic rings. The van der Waals surface area contributed by atoms with Gasteiger partial charge in [0.2, 0.25) is 0 Å². The van der Waals surface area contributed by atoms with Gasteiger partial charge in [-0.25, -0.2) is 9.79 Å². The Morgan fingerprint density at radius 3 is 2.45 bits per heavy atom. The third-order valence-corrected chi connectivity index (χ3v) is 9.02. The highest BCUT2D eigenvalue weighted by molar-refractivity contribution is 7.07. The maximum absolute atomic E-state index is 14.1. The number of hydrogen-bond donors (Lipinski definition) is 0. The van der Waals surface area contributed by atoms with Crippen LogP contribution in [0, 0.1) is 0 Å². The average molecular weight is 651 g/mol. The van der Waals surface area contributed by atoms with Crippen LogP contribution in [0.2, 0.25) is 10.0 Å². The number of aromatic nitrogens is 1. The molecule has 0 saturated heterocycles. The largest absolute Gasteiger partial charge is 0.488 e. The van der Waals surface area contributed by atoms with E-state index in [0.29, 0.717) is 43.0 Å². The number of thiazole rings is 1. The number of anilines is 1. The number of benzene rings is 3. The minimum atomic E-state index is -0.785. The van der Waals surface area contributed by atoms with Crippen LogP contribution in [0.3, 0.4) is 0 Å². The average Bonchev–Trinajstić information content (AvgIpc) is 3.32. The van der Waals surface area contributed by atoms with Crippen LogP contribution >= 0.6 is 34.5 Å².